The summed E-state index contributed by atoms with van der Waals surface area (Å²) in [6.07, 6.45) is 0. The predicted molar refractivity (Wildman–Crippen MR) is 55.9 cm³/mol. The first-order chi connectivity index (χ1) is 6.34. The number of hydrogen-bond acceptors (Lipinski definition) is 4. The summed E-state index contributed by atoms with van der Waals surface area (Å²) in [5.41, 5.74) is -0.681. The summed E-state index contributed by atoms with van der Waals surface area (Å²) in [5.74, 6) is 0. The zero-order valence-corrected chi connectivity index (χ0v) is 9.79. The molecule has 0 spiro atoms. The Morgan fingerprint density at radius 1 is 0.929 bits per heavy atom. The Morgan fingerprint density at radius 2 is 1.29 bits per heavy atom. The van der Waals surface area contributed by atoms with Crippen LogP contribution in [0.4, 0.5) is 0 Å². The van der Waals surface area contributed by atoms with Crippen LogP contribution < -0.4 is 0 Å². The highest BCUT2D eigenvalue weighted by Crippen LogP contribution is 2.37. The minimum Gasteiger partial charge on any atom is -0.416 e. The Balaban J connectivity index is 2.71. The zero-order chi connectivity index (χ0) is 11.0. The molecule has 6 heteroatoms. The minimum atomic E-state index is -0.476. The Hall–Kier alpha value is -0.0301. The Morgan fingerprint density at radius 3 is 1.57 bits per heavy atom. The van der Waals surface area contributed by atoms with Crippen molar-refractivity contribution in [2.75, 3.05) is 14.2 Å². The molecule has 0 radical (unpaired) electrons. The first kappa shape index (κ1) is 12.0. The fourth-order valence-electron chi connectivity index (χ4n) is 1.32. The van der Waals surface area contributed by atoms with Gasteiger partial charge >= 0.3 is 14.0 Å². The fraction of sp³-hybridized carbons (Fsp3) is 1.00. The molecule has 4 nitrogen and oxygen atoms in total. The van der Waals surface area contributed by atoms with Crippen LogP contribution in [0.25, 0.3) is 0 Å². The van der Waals surface area contributed by atoms with Crippen LogP contribution >= 0.6 is 0 Å². The van der Waals surface area contributed by atoms with Gasteiger partial charge < -0.3 is 18.6 Å². The molecule has 0 saturated carbocycles. The van der Waals surface area contributed by atoms with Crippen molar-refractivity contribution < 1.29 is 18.6 Å². The molecule has 1 aliphatic heterocycles. The van der Waals surface area contributed by atoms with Gasteiger partial charge in [-0.25, -0.2) is 0 Å². The van der Waals surface area contributed by atoms with E-state index in [4.69, 9.17) is 18.6 Å². The highest BCUT2D eigenvalue weighted by molar-refractivity contribution is 7.10. The third-order valence-corrected chi connectivity index (χ3v) is 2.96. The fourth-order valence-corrected chi connectivity index (χ4v) is 1.32. The topological polar surface area (TPSA) is 36.9 Å². The molecule has 1 heterocycles. The Bertz CT molecular complexity index is 188. The van der Waals surface area contributed by atoms with Crippen molar-refractivity contribution in [3.8, 4) is 0 Å². The molecule has 0 atom stereocenters. The standard InChI is InChI=1S/C8H18B2O4/c1-7(2)8(3,4)14-10(13-7)9(11-5)12-6/h1-6H3. The van der Waals surface area contributed by atoms with E-state index in [1.54, 1.807) is 14.2 Å². The second-order valence-electron chi connectivity index (χ2n) is 4.46. The molecule has 0 amide bonds. The molecule has 1 aliphatic rings. The molecule has 1 fully saturated rings. The van der Waals surface area contributed by atoms with E-state index >= 15 is 0 Å². The van der Waals surface area contributed by atoms with Crippen LogP contribution in [0.15, 0.2) is 0 Å². The Kier molecular flexibility index (Phi) is 3.31. The van der Waals surface area contributed by atoms with Crippen molar-refractivity contribution in [3.05, 3.63) is 0 Å². The molecule has 0 aromatic carbocycles. The van der Waals surface area contributed by atoms with Crippen molar-refractivity contribution in [2.24, 2.45) is 0 Å². The SMILES string of the molecule is COB(OC)B1OC(C)(C)C(C)(C)O1. The van der Waals surface area contributed by atoms with E-state index in [0.717, 1.165) is 0 Å². The summed E-state index contributed by atoms with van der Waals surface area (Å²) >= 11 is 0. The van der Waals surface area contributed by atoms with Gasteiger partial charge in [0, 0.05) is 14.2 Å². The second-order valence-corrected chi connectivity index (χ2v) is 4.46. The van der Waals surface area contributed by atoms with Gasteiger partial charge in [0.1, 0.15) is 0 Å². The third-order valence-electron chi connectivity index (χ3n) is 2.96. The van der Waals surface area contributed by atoms with E-state index in [1.165, 1.54) is 0 Å². The lowest BCUT2D eigenvalue weighted by molar-refractivity contribution is 0.00578. The van der Waals surface area contributed by atoms with E-state index < -0.39 is 14.0 Å². The predicted octanol–water partition coefficient (Wildman–Crippen LogP) is 0.938. The molecule has 1 rings (SSSR count). The van der Waals surface area contributed by atoms with Crippen LogP contribution in [0, 0.1) is 0 Å². The maximum Gasteiger partial charge on any atom is 0.488 e. The molecule has 0 aromatic rings. The van der Waals surface area contributed by atoms with Gasteiger partial charge in [-0.2, -0.15) is 0 Å². The molecular weight excluding hydrogens is 182 g/mol. The van der Waals surface area contributed by atoms with E-state index in [0.29, 0.717) is 0 Å². The summed E-state index contributed by atoms with van der Waals surface area (Å²) in [4.78, 5) is 0. The minimum absolute atomic E-state index is 0.340. The molecule has 80 valence electrons. The van der Waals surface area contributed by atoms with E-state index in [-0.39, 0.29) is 11.2 Å². The molecular formula is C8H18B2O4. The van der Waals surface area contributed by atoms with Crippen LogP contribution in [0.1, 0.15) is 27.7 Å². The van der Waals surface area contributed by atoms with Gasteiger partial charge in [0.2, 0.25) is 0 Å². The van der Waals surface area contributed by atoms with Gasteiger partial charge in [0.15, 0.2) is 0 Å². The average molecular weight is 200 g/mol. The van der Waals surface area contributed by atoms with Crippen LogP contribution in [-0.4, -0.2) is 39.4 Å². The molecule has 0 aliphatic carbocycles. The quantitative estimate of drug-likeness (QED) is 0.635. The summed E-state index contributed by atoms with van der Waals surface area (Å²) in [6.45, 7) is 7.98. The lowest BCUT2D eigenvalue weighted by Crippen LogP contribution is -2.42. The maximum absolute atomic E-state index is 5.74. The van der Waals surface area contributed by atoms with Crippen LogP contribution in [0.3, 0.4) is 0 Å². The molecule has 14 heavy (non-hydrogen) atoms. The van der Waals surface area contributed by atoms with E-state index in [2.05, 4.69) is 0 Å². The average Bonchev–Trinajstić information content (AvgIpc) is 2.23. The normalized spacial score (nSPS) is 24.0. The molecule has 0 unspecified atom stereocenters. The highest BCUT2D eigenvalue weighted by atomic mass is 16.7. The monoisotopic (exact) mass is 200 g/mol. The molecule has 0 N–H and O–H groups in total. The lowest BCUT2D eigenvalue weighted by atomic mass is 9.49. The van der Waals surface area contributed by atoms with Crippen molar-refractivity contribution in [2.45, 2.75) is 38.9 Å². The van der Waals surface area contributed by atoms with Gasteiger partial charge in [-0.1, -0.05) is 0 Å². The maximum atomic E-state index is 5.74. The van der Waals surface area contributed by atoms with Gasteiger partial charge in [-0.05, 0) is 27.7 Å². The lowest BCUT2D eigenvalue weighted by Gasteiger charge is -2.32. The summed E-state index contributed by atoms with van der Waals surface area (Å²) in [5, 5.41) is 0. The first-order valence-electron chi connectivity index (χ1n) is 4.75. The number of hydrogen-bond donors (Lipinski definition) is 0. The van der Waals surface area contributed by atoms with E-state index in [9.17, 15) is 0 Å². The van der Waals surface area contributed by atoms with Crippen molar-refractivity contribution in [1.29, 1.82) is 0 Å². The van der Waals surface area contributed by atoms with Crippen molar-refractivity contribution in [3.63, 3.8) is 0 Å². The van der Waals surface area contributed by atoms with Gasteiger partial charge in [-0.15, -0.1) is 0 Å². The van der Waals surface area contributed by atoms with Crippen LogP contribution in [0.5, 0.6) is 0 Å². The van der Waals surface area contributed by atoms with Gasteiger partial charge in [-0.3, -0.25) is 0 Å². The molecule has 1 saturated heterocycles. The Labute approximate surface area is 86.5 Å². The highest BCUT2D eigenvalue weighted by Gasteiger charge is 2.56. The summed E-state index contributed by atoms with van der Waals surface area (Å²) < 4.78 is 21.7. The van der Waals surface area contributed by atoms with Gasteiger partial charge in [0.05, 0.1) is 11.2 Å². The largest absolute Gasteiger partial charge is 0.488 e. The van der Waals surface area contributed by atoms with Crippen LogP contribution in [-0.2, 0) is 18.6 Å². The number of rotatable bonds is 3. The zero-order valence-electron chi connectivity index (χ0n) is 9.79. The molecule has 0 aromatic heterocycles. The van der Waals surface area contributed by atoms with Crippen LogP contribution in [0.2, 0.25) is 0 Å². The van der Waals surface area contributed by atoms with E-state index in [1.807, 2.05) is 27.7 Å². The van der Waals surface area contributed by atoms with Crippen molar-refractivity contribution in [1.82, 2.24) is 0 Å². The molecule has 0 bridgehead atoms. The third kappa shape index (κ3) is 1.98. The summed E-state index contributed by atoms with van der Waals surface area (Å²) in [7, 11) is 2.20. The summed E-state index contributed by atoms with van der Waals surface area (Å²) in [6, 6.07) is 0. The van der Waals surface area contributed by atoms with Crippen molar-refractivity contribution >= 4 is 14.0 Å². The van der Waals surface area contributed by atoms with Gasteiger partial charge in [0.25, 0.3) is 0 Å². The first-order valence-corrected chi connectivity index (χ1v) is 4.75. The second kappa shape index (κ2) is 3.85. The smallest absolute Gasteiger partial charge is 0.416 e.